The fraction of sp³-hybridized carbons (Fsp3) is 0.333. The van der Waals surface area contributed by atoms with Gasteiger partial charge in [-0.25, -0.2) is 0 Å². The number of terminal acetylenes is 1. The van der Waals surface area contributed by atoms with Crippen molar-refractivity contribution in [3.63, 3.8) is 0 Å². The van der Waals surface area contributed by atoms with Crippen LogP contribution in [0.2, 0.25) is 25.7 Å². The standard InChI is InChI=1S/C6H12Si.6CO.2Co/c1-5-6-7(2,3)4;6*1-2;;/h1H,6H2,2-4H3;;;;;;;;. The molecule has 0 amide bonds. The zero-order valence-corrected chi connectivity index (χ0v) is 14.5. The molecule has 0 atom stereocenters. The zero-order chi connectivity index (χ0) is 17.9. The van der Waals surface area contributed by atoms with Gasteiger partial charge in [0, 0.05) is 39.6 Å². The Balaban J connectivity index is -0.0000000128. The van der Waals surface area contributed by atoms with E-state index in [1.807, 2.05) is 0 Å². The molecule has 2 radical (unpaired) electrons. The average molecular weight is 398 g/mol. The topological polar surface area (TPSA) is 119 Å². The fourth-order valence-electron chi connectivity index (χ4n) is 0.306. The Kier molecular flexibility index (Phi) is 345. The third kappa shape index (κ3) is 547. The molecule has 0 unspecified atom stereocenters. The predicted molar refractivity (Wildman–Crippen MR) is 60.6 cm³/mol. The van der Waals surface area contributed by atoms with Crippen LogP contribution >= 0.6 is 0 Å². The van der Waals surface area contributed by atoms with Crippen LogP contribution in [0.25, 0.3) is 0 Å². The molecular formula is C12H12Co2O6Si. The van der Waals surface area contributed by atoms with Gasteiger partial charge >= 0.3 is 67.8 Å². The van der Waals surface area contributed by atoms with E-state index >= 15 is 0 Å². The largest absolute Gasteiger partial charge is 0 e. The van der Waals surface area contributed by atoms with Crippen molar-refractivity contribution in [2.24, 2.45) is 0 Å². The second kappa shape index (κ2) is 122. The van der Waals surface area contributed by atoms with Crippen LogP contribution in [0, 0.1) is 52.2 Å². The van der Waals surface area contributed by atoms with Gasteiger partial charge in [-0.3, -0.25) is 0 Å². The molecule has 0 aliphatic carbocycles. The molecule has 0 heterocycles. The molecular weight excluding hydrogens is 386 g/mol. The normalized spacial score (nSPS) is 4.10. The second-order valence-electron chi connectivity index (χ2n) is 2.94. The van der Waals surface area contributed by atoms with Crippen LogP contribution in [0.3, 0.4) is 0 Å². The molecule has 0 fully saturated rings. The summed E-state index contributed by atoms with van der Waals surface area (Å²) in [7, 11) is -0.893. The van der Waals surface area contributed by atoms with Gasteiger partial charge in [0.25, 0.3) is 0 Å². The van der Waals surface area contributed by atoms with Gasteiger partial charge in [-0.05, 0) is 0 Å². The monoisotopic (exact) mass is 398 g/mol. The summed E-state index contributed by atoms with van der Waals surface area (Å²) < 4.78 is 45.0. The number of hydrogen-bond donors (Lipinski definition) is 0. The summed E-state index contributed by atoms with van der Waals surface area (Å²) in [6.45, 7) is 33.8. The summed E-state index contributed by atoms with van der Waals surface area (Å²) in [6, 6.07) is 1.01. The van der Waals surface area contributed by atoms with Crippen molar-refractivity contribution < 1.29 is 61.5 Å². The molecule has 0 N–H and O–H groups in total. The Hall–Kier alpha value is -0.770. The van der Waals surface area contributed by atoms with E-state index in [1.165, 1.54) is 0 Å². The van der Waals surface area contributed by atoms with Gasteiger partial charge in [0.05, 0.1) is 8.07 Å². The first kappa shape index (κ1) is 59.3. The van der Waals surface area contributed by atoms with Gasteiger partial charge in [-0.2, -0.15) is 0 Å². The summed E-state index contributed by atoms with van der Waals surface area (Å²) in [4.78, 5) is 0. The van der Waals surface area contributed by atoms with E-state index in [2.05, 4.69) is 65.5 Å². The molecule has 0 aromatic carbocycles. The van der Waals surface area contributed by atoms with Crippen LogP contribution in [-0.2, 0) is 61.5 Å². The minimum atomic E-state index is -0.893. The van der Waals surface area contributed by atoms with E-state index in [1.54, 1.807) is 0 Å². The maximum absolute atomic E-state index is 7.50. The van der Waals surface area contributed by atoms with Crippen LogP contribution in [0.1, 0.15) is 0 Å². The summed E-state index contributed by atoms with van der Waals surface area (Å²) in [6.07, 6.45) is 5.10. The van der Waals surface area contributed by atoms with Crippen LogP contribution in [0.5, 0.6) is 0 Å². The van der Waals surface area contributed by atoms with E-state index in [-0.39, 0.29) is 33.6 Å². The van der Waals surface area contributed by atoms with Gasteiger partial charge < -0.3 is 0 Å². The van der Waals surface area contributed by atoms with E-state index < -0.39 is 8.07 Å². The maximum Gasteiger partial charge on any atom is 0 e. The second-order valence-corrected chi connectivity index (χ2v) is 8.42. The Bertz CT molecular complexity index is 245. The number of hydrogen-bond acceptors (Lipinski definition) is 0. The zero-order valence-electron chi connectivity index (χ0n) is 11.4. The SMILES string of the molecule is C#CC[Si](C)(C)C.[C-]#[O+].[C-]#[O+].[C-]#[O+].[C-]#[O+].[C-]#[O+].[C-]#[O+].[Co].[Co]. The minimum absolute atomic E-state index is 0. The van der Waals surface area contributed by atoms with Crippen LogP contribution in [0.4, 0.5) is 0 Å². The molecule has 9 heteroatoms. The van der Waals surface area contributed by atoms with Crippen LogP contribution < -0.4 is 0 Å². The third-order valence-corrected chi connectivity index (χ3v) is 1.90. The molecule has 0 aliphatic rings. The van der Waals surface area contributed by atoms with Crippen LogP contribution in [-0.4, -0.2) is 8.07 Å². The molecule has 6 nitrogen and oxygen atoms in total. The maximum atomic E-state index is 7.50. The van der Waals surface area contributed by atoms with E-state index in [4.69, 9.17) is 34.3 Å². The van der Waals surface area contributed by atoms with Crippen molar-refractivity contribution in [2.45, 2.75) is 25.7 Å². The van der Waals surface area contributed by atoms with Crippen molar-refractivity contribution in [3.05, 3.63) is 39.9 Å². The minimum Gasteiger partial charge on any atom is 0 e. The van der Waals surface area contributed by atoms with E-state index in [0.717, 1.165) is 6.04 Å². The summed E-state index contributed by atoms with van der Waals surface area (Å²) in [5, 5.41) is 0. The molecule has 0 aromatic heterocycles. The van der Waals surface area contributed by atoms with Gasteiger partial charge in [0.2, 0.25) is 0 Å². The number of rotatable bonds is 1. The first-order chi connectivity index (χ1) is 9.06. The molecule has 0 bridgehead atoms. The summed E-state index contributed by atoms with van der Waals surface area (Å²) >= 11 is 0. The fourth-order valence-corrected chi connectivity index (χ4v) is 0.919. The molecule has 0 saturated heterocycles. The first-order valence-electron chi connectivity index (χ1n) is 3.72. The summed E-state index contributed by atoms with van der Waals surface area (Å²) in [5.74, 6) is 2.67. The molecule has 0 rings (SSSR count). The predicted octanol–water partition coefficient (Wildman–Crippen LogP) is 1.73. The first-order valence-corrected chi connectivity index (χ1v) is 7.43. The Morgan fingerprint density at radius 1 is 0.667 bits per heavy atom. The van der Waals surface area contributed by atoms with E-state index in [0.29, 0.717) is 0 Å². The van der Waals surface area contributed by atoms with Gasteiger partial charge in [0.15, 0.2) is 0 Å². The van der Waals surface area contributed by atoms with Gasteiger partial charge in [-0.15, -0.1) is 12.3 Å². The molecule has 118 valence electrons. The Labute approximate surface area is 147 Å². The average Bonchev–Trinajstić information content (AvgIpc) is 2.50. The smallest absolute Gasteiger partial charge is 0 e. The van der Waals surface area contributed by atoms with Crippen molar-refractivity contribution in [1.82, 2.24) is 0 Å². The Morgan fingerprint density at radius 3 is 0.810 bits per heavy atom. The Morgan fingerprint density at radius 2 is 0.810 bits per heavy atom. The van der Waals surface area contributed by atoms with Crippen molar-refractivity contribution in [3.8, 4) is 12.3 Å². The molecule has 0 saturated carbocycles. The third-order valence-electron chi connectivity index (χ3n) is 0.632. The summed E-state index contributed by atoms with van der Waals surface area (Å²) in [5.41, 5.74) is 0. The molecule has 0 aromatic rings. The van der Waals surface area contributed by atoms with Gasteiger partial charge in [0.1, 0.15) is 0 Å². The van der Waals surface area contributed by atoms with Crippen molar-refractivity contribution in [1.29, 1.82) is 0 Å². The van der Waals surface area contributed by atoms with Crippen LogP contribution in [0.15, 0.2) is 0 Å². The van der Waals surface area contributed by atoms with Crippen molar-refractivity contribution in [2.75, 3.05) is 0 Å². The molecule has 21 heavy (non-hydrogen) atoms. The quantitative estimate of drug-likeness (QED) is 0.277. The van der Waals surface area contributed by atoms with E-state index in [9.17, 15) is 0 Å². The van der Waals surface area contributed by atoms with Crippen molar-refractivity contribution >= 4 is 8.07 Å². The molecule has 0 spiro atoms. The van der Waals surface area contributed by atoms with Gasteiger partial charge in [-0.1, -0.05) is 19.6 Å². The molecule has 0 aliphatic heterocycles.